The number of quaternary nitrogens is 1. The molecule has 0 amide bonds. The minimum atomic E-state index is -4.27. The monoisotopic (exact) mass is 329 g/mol. The predicted molar refractivity (Wildman–Crippen MR) is 81.9 cm³/mol. The second kappa shape index (κ2) is 10.1. The van der Waals surface area contributed by atoms with Crippen LogP contribution in [0, 0.1) is 6.92 Å². The van der Waals surface area contributed by atoms with Crippen LogP contribution in [-0.2, 0) is 19.6 Å². The molecule has 0 saturated carbocycles. The molecule has 0 heterocycles. The van der Waals surface area contributed by atoms with Crippen molar-refractivity contribution in [1.82, 2.24) is 0 Å². The Morgan fingerprint density at radius 1 is 1.27 bits per heavy atom. The molecule has 0 radical (unpaired) electrons. The first kappa shape index (κ1) is 20.3. The first-order valence-electron chi connectivity index (χ1n) is 6.83. The summed E-state index contributed by atoms with van der Waals surface area (Å²) in [6.07, 6.45) is 1.89. The summed E-state index contributed by atoms with van der Waals surface area (Å²) in [6, 6.07) is 5.78. The van der Waals surface area contributed by atoms with Crippen LogP contribution in [0.4, 0.5) is 0 Å². The quantitative estimate of drug-likeness (QED) is 0.362. The number of hydrogen-bond donors (Lipinski definition) is 1. The second-order valence-electron chi connectivity index (χ2n) is 4.74. The summed E-state index contributed by atoms with van der Waals surface area (Å²) in [5.41, 5.74) is 5.07. The Hall–Kier alpha value is -1.70. The fraction of sp³-hybridized carbons (Fsp3) is 0.400. The average Bonchev–Trinajstić information content (AvgIpc) is 2.43. The first-order valence-corrected chi connectivity index (χ1v) is 8.23. The molecule has 0 aromatic heterocycles. The van der Waals surface area contributed by atoms with E-state index in [1.54, 1.807) is 19.1 Å². The molecule has 0 bridgehead atoms. The van der Waals surface area contributed by atoms with Crippen LogP contribution in [0.3, 0.4) is 0 Å². The number of ether oxygens (including phenoxy) is 1. The van der Waals surface area contributed by atoms with Crippen LogP contribution in [0.5, 0.6) is 0 Å². The highest BCUT2D eigenvalue weighted by atomic mass is 32.2. The van der Waals surface area contributed by atoms with Gasteiger partial charge in [0.1, 0.15) is 10.1 Å². The highest BCUT2D eigenvalue weighted by Crippen LogP contribution is 2.08. The van der Waals surface area contributed by atoms with Gasteiger partial charge in [0.2, 0.25) is 0 Å². The number of hydrogen-bond acceptors (Lipinski definition) is 5. The summed E-state index contributed by atoms with van der Waals surface area (Å²) < 4.78 is 36.0. The zero-order valence-corrected chi connectivity index (χ0v) is 13.8. The molecule has 124 valence electrons. The Morgan fingerprint density at radius 3 is 2.23 bits per heavy atom. The van der Waals surface area contributed by atoms with Crippen molar-refractivity contribution < 1.29 is 28.2 Å². The van der Waals surface area contributed by atoms with Crippen LogP contribution in [0.15, 0.2) is 41.3 Å². The van der Waals surface area contributed by atoms with E-state index in [2.05, 4.69) is 12.3 Å². The number of esters is 1. The van der Waals surface area contributed by atoms with Crippen molar-refractivity contribution in [3.05, 3.63) is 42.0 Å². The molecule has 0 aliphatic carbocycles. The Balaban J connectivity index is 0.000000401. The van der Waals surface area contributed by atoms with Crippen LogP contribution in [0.25, 0.3) is 0 Å². The van der Waals surface area contributed by atoms with Crippen molar-refractivity contribution in [2.24, 2.45) is 0 Å². The summed E-state index contributed by atoms with van der Waals surface area (Å²) in [5.74, 6) is -0.297. The van der Waals surface area contributed by atoms with Crippen LogP contribution in [0.1, 0.15) is 25.3 Å². The number of benzene rings is 1. The SMILES string of the molecule is C=C(C)C(=O)OCCCC[NH3+].Cc1ccc(S(=O)(=O)[O-])cc1. The van der Waals surface area contributed by atoms with Gasteiger partial charge in [-0.3, -0.25) is 0 Å². The largest absolute Gasteiger partial charge is 0.744 e. The van der Waals surface area contributed by atoms with Crippen molar-refractivity contribution in [3.63, 3.8) is 0 Å². The maximum Gasteiger partial charge on any atom is 0.333 e. The van der Waals surface area contributed by atoms with Gasteiger partial charge in [-0.05, 0) is 38.8 Å². The Kier molecular flexibility index (Phi) is 9.32. The highest BCUT2D eigenvalue weighted by Gasteiger charge is 2.01. The van der Waals surface area contributed by atoms with Crippen LogP contribution in [0.2, 0.25) is 0 Å². The molecule has 0 unspecified atom stereocenters. The molecule has 1 aromatic rings. The van der Waals surface area contributed by atoms with Crippen molar-refractivity contribution in [2.75, 3.05) is 13.2 Å². The molecule has 22 heavy (non-hydrogen) atoms. The zero-order valence-electron chi connectivity index (χ0n) is 13.0. The average molecular weight is 329 g/mol. The van der Waals surface area contributed by atoms with Crippen LogP contribution < -0.4 is 5.73 Å². The predicted octanol–water partition coefficient (Wildman–Crippen LogP) is 1.03. The van der Waals surface area contributed by atoms with E-state index in [1.807, 2.05) is 6.92 Å². The molecule has 6 nitrogen and oxygen atoms in total. The number of carbonyl (C=O) groups excluding carboxylic acids is 1. The fourth-order valence-corrected chi connectivity index (χ4v) is 1.74. The summed E-state index contributed by atoms with van der Waals surface area (Å²) in [7, 11) is -4.27. The van der Waals surface area contributed by atoms with E-state index in [-0.39, 0.29) is 10.9 Å². The van der Waals surface area contributed by atoms with E-state index in [4.69, 9.17) is 4.74 Å². The minimum absolute atomic E-state index is 0.178. The normalized spacial score (nSPS) is 10.4. The Morgan fingerprint density at radius 2 is 1.82 bits per heavy atom. The molecule has 0 aliphatic rings. The van der Waals surface area contributed by atoms with Crippen molar-refractivity contribution >= 4 is 16.1 Å². The van der Waals surface area contributed by atoms with E-state index >= 15 is 0 Å². The highest BCUT2D eigenvalue weighted by molar-refractivity contribution is 7.85. The molecule has 0 atom stereocenters. The summed E-state index contributed by atoms with van der Waals surface area (Å²) in [4.78, 5) is 10.6. The van der Waals surface area contributed by atoms with Gasteiger partial charge >= 0.3 is 5.97 Å². The summed E-state index contributed by atoms with van der Waals surface area (Å²) in [5, 5.41) is 0. The lowest BCUT2D eigenvalue weighted by atomic mass is 10.2. The van der Waals surface area contributed by atoms with Crippen molar-refractivity contribution in [1.29, 1.82) is 0 Å². The molecule has 0 aliphatic heterocycles. The van der Waals surface area contributed by atoms with Gasteiger partial charge in [-0.15, -0.1) is 0 Å². The lowest BCUT2D eigenvalue weighted by molar-refractivity contribution is -0.368. The lowest BCUT2D eigenvalue weighted by Crippen LogP contribution is -2.50. The molecule has 1 aromatic carbocycles. The molecular formula is C15H23NO5S. The van der Waals surface area contributed by atoms with Crippen molar-refractivity contribution in [2.45, 2.75) is 31.6 Å². The maximum atomic E-state index is 10.8. The fourth-order valence-electron chi connectivity index (χ4n) is 1.27. The molecule has 1 rings (SSSR count). The topological polar surface area (TPSA) is 111 Å². The van der Waals surface area contributed by atoms with E-state index in [0.29, 0.717) is 12.2 Å². The van der Waals surface area contributed by atoms with Gasteiger partial charge in [0.15, 0.2) is 0 Å². The molecule has 7 heteroatoms. The first-order chi connectivity index (χ1) is 10.2. The zero-order chi connectivity index (χ0) is 17.2. The standard InChI is InChI=1S/C8H15NO2.C7H8O3S/c1-7(2)8(10)11-6-4-3-5-9;1-6-2-4-7(5-3-6)11(8,9)10/h1,3-6,9H2,2H3;2-5H,1H3,(H,8,9,10). The summed E-state index contributed by atoms with van der Waals surface area (Å²) >= 11 is 0. The number of rotatable bonds is 6. The van der Waals surface area contributed by atoms with E-state index in [1.165, 1.54) is 12.1 Å². The van der Waals surface area contributed by atoms with Crippen LogP contribution >= 0.6 is 0 Å². The second-order valence-corrected chi connectivity index (χ2v) is 6.12. The number of carbonyl (C=O) groups is 1. The van der Waals surface area contributed by atoms with Gasteiger partial charge in [0.25, 0.3) is 0 Å². The third kappa shape index (κ3) is 9.28. The van der Waals surface area contributed by atoms with E-state index < -0.39 is 10.1 Å². The molecular weight excluding hydrogens is 306 g/mol. The molecule has 0 spiro atoms. The lowest BCUT2D eigenvalue weighted by Gasteiger charge is -2.05. The van der Waals surface area contributed by atoms with Gasteiger partial charge < -0.3 is 15.0 Å². The smallest absolute Gasteiger partial charge is 0.333 e. The Labute approximate surface area is 131 Å². The van der Waals surface area contributed by atoms with Gasteiger partial charge in [-0.2, -0.15) is 0 Å². The molecule has 3 N–H and O–H groups in total. The Bertz CT molecular complexity index is 578. The van der Waals surface area contributed by atoms with Gasteiger partial charge in [0, 0.05) is 5.57 Å². The van der Waals surface area contributed by atoms with Crippen molar-refractivity contribution in [3.8, 4) is 0 Å². The maximum absolute atomic E-state index is 10.8. The minimum Gasteiger partial charge on any atom is -0.744 e. The van der Waals surface area contributed by atoms with Gasteiger partial charge in [0.05, 0.1) is 18.0 Å². The van der Waals surface area contributed by atoms with E-state index in [0.717, 1.165) is 24.9 Å². The number of aryl methyl sites for hydroxylation is 1. The number of unbranched alkanes of at least 4 members (excludes halogenated alkanes) is 1. The summed E-state index contributed by atoms with van der Waals surface area (Å²) in [6.45, 7) is 8.31. The third-order valence-electron chi connectivity index (χ3n) is 2.54. The van der Waals surface area contributed by atoms with E-state index in [9.17, 15) is 17.8 Å². The third-order valence-corrected chi connectivity index (χ3v) is 3.39. The van der Waals surface area contributed by atoms with Gasteiger partial charge in [-0.1, -0.05) is 24.3 Å². The molecule has 0 fully saturated rings. The molecule has 0 saturated heterocycles. The van der Waals surface area contributed by atoms with Crippen LogP contribution in [-0.4, -0.2) is 32.1 Å². The van der Waals surface area contributed by atoms with Gasteiger partial charge in [-0.25, -0.2) is 13.2 Å².